The lowest BCUT2D eigenvalue weighted by Gasteiger charge is -2.42. The molecule has 5 N–H and O–H groups in total. The van der Waals surface area contributed by atoms with Crippen LogP contribution in [-0.4, -0.2) is 115 Å². The summed E-state index contributed by atoms with van der Waals surface area (Å²) in [6.07, 6.45) is 10.3. The van der Waals surface area contributed by atoms with Crippen LogP contribution in [0.25, 0.3) is 11.0 Å². The van der Waals surface area contributed by atoms with Crippen molar-refractivity contribution in [2.45, 2.75) is 55.4 Å². The molecular weight excluding hydrogens is 761 g/mol. The van der Waals surface area contributed by atoms with Crippen LogP contribution in [0.15, 0.2) is 65.8 Å². The molecule has 2 aromatic heterocycles. The molecule has 2 atom stereocenters. The Bertz CT molecular complexity index is 2150. The predicted octanol–water partition coefficient (Wildman–Crippen LogP) is 5.80. The average Bonchev–Trinajstić information content (AvgIpc) is 3.89. The number of piperidine rings is 1. The highest BCUT2D eigenvalue weighted by Gasteiger charge is 2.55. The number of amides is 2. The Hall–Kier alpha value is -4.74. The highest BCUT2D eigenvalue weighted by atomic mass is 32.3. The number of benzene rings is 2. The largest absolute Gasteiger partial charge is 0.455 e. The number of pyridine rings is 1. The van der Waals surface area contributed by atoms with Crippen molar-refractivity contribution in [1.82, 2.24) is 24.5 Å². The smallest absolute Gasteiger partial charge is 0.349 e. The van der Waals surface area contributed by atoms with Gasteiger partial charge >= 0.3 is 10.4 Å². The molecule has 310 valence electrons. The molecule has 2 unspecified atom stereocenters. The highest BCUT2D eigenvalue weighted by Crippen LogP contribution is 2.52. The number of ether oxygens (including phenoxy) is 3. The van der Waals surface area contributed by atoms with Gasteiger partial charge in [-0.15, -0.1) is 4.72 Å². The fraction of sp³-hybridized carbons (Fsp3) is 0.500. The van der Waals surface area contributed by atoms with E-state index in [2.05, 4.69) is 35.1 Å². The molecule has 1 aliphatic carbocycles. The number of nitrogens with zero attached hydrogens (tertiary/aromatic N) is 4. The van der Waals surface area contributed by atoms with Crippen LogP contribution in [0, 0.1) is 11.8 Å². The van der Waals surface area contributed by atoms with E-state index in [4.69, 9.17) is 14.2 Å². The average molecular weight is 816 g/mol. The number of carbonyl (C=O) groups excluding carboxylic acids is 2. The van der Waals surface area contributed by atoms with E-state index in [0.29, 0.717) is 35.3 Å². The van der Waals surface area contributed by atoms with Gasteiger partial charge in [-0.3, -0.25) is 14.5 Å². The summed E-state index contributed by atoms with van der Waals surface area (Å²) in [7, 11) is -0.519. The predicted molar refractivity (Wildman–Crippen MR) is 224 cm³/mol. The Kier molecular flexibility index (Phi) is 11.9. The molecule has 4 aliphatic rings. The van der Waals surface area contributed by atoms with Gasteiger partial charge in [0, 0.05) is 108 Å². The van der Waals surface area contributed by atoms with Crippen molar-refractivity contribution in [3.63, 3.8) is 0 Å². The van der Waals surface area contributed by atoms with Crippen LogP contribution in [0.5, 0.6) is 11.5 Å². The number of methoxy groups -OCH3 is 1. The van der Waals surface area contributed by atoms with Crippen LogP contribution in [0.1, 0.15) is 55.3 Å². The van der Waals surface area contributed by atoms with Gasteiger partial charge in [0.25, 0.3) is 5.91 Å². The molecule has 1 saturated carbocycles. The van der Waals surface area contributed by atoms with Crippen molar-refractivity contribution in [3.8, 4) is 11.5 Å². The summed E-state index contributed by atoms with van der Waals surface area (Å²) in [4.78, 5) is 40.7. The number of carbonyl (C=O) groups is 2. The highest BCUT2D eigenvalue weighted by molar-refractivity contribution is 7.96. The SMILES string of the molecule is COCNc1cc([S+](=O)(O)NC(=O)c2ccc(N3CCN(CCC4CCC(=O)N(C)C45CC5)CC3)cc2Oc2cnc3[nH]ccc3c2)ccc1NCC1CCOCC1. The number of likely N-dealkylation sites (tertiary alicyclic amines) is 1. The third-order valence-corrected chi connectivity index (χ3v) is 13.8. The molecule has 16 heteroatoms. The molecular formula is C42H55N8O7S+. The van der Waals surface area contributed by atoms with Crippen molar-refractivity contribution in [1.29, 1.82) is 0 Å². The Balaban J connectivity index is 0.969. The molecule has 8 rings (SSSR count). The lowest BCUT2D eigenvalue weighted by molar-refractivity contribution is -0.138. The topological polar surface area (TPSA) is 174 Å². The summed E-state index contributed by atoms with van der Waals surface area (Å²) in [5, 5.41) is 7.46. The van der Waals surface area contributed by atoms with Gasteiger partial charge in [-0.25, -0.2) is 4.98 Å². The number of aromatic nitrogens is 2. The molecule has 15 nitrogen and oxygen atoms in total. The lowest BCUT2D eigenvalue weighted by atomic mass is 9.84. The third kappa shape index (κ3) is 8.81. The van der Waals surface area contributed by atoms with Crippen LogP contribution in [0.2, 0.25) is 0 Å². The molecule has 0 radical (unpaired) electrons. The third-order valence-electron chi connectivity index (χ3n) is 12.5. The number of H-pyrrole nitrogens is 1. The minimum absolute atomic E-state index is 0.0337. The number of hydrogen-bond acceptors (Lipinski definition) is 11. The summed E-state index contributed by atoms with van der Waals surface area (Å²) in [6.45, 7) is 6.76. The van der Waals surface area contributed by atoms with Crippen LogP contribution >= 0.6 is 0 Å². The Morgan fingerprint density at radius 3 is 2.62 bits per heavy atom. The number of aromatic amines is 1. The fourth-order valence-electron chi connectivity index (χ4n) is 8.78. The zero-order chi connectivity index (χ0) is 40.3. The summed E-state index contributed by atoms with van der Waals surface area (Å²) < 4.78 is 44.8. The maximum absolute atomic E-state index is 14.0. The first kappa shape index (κ1) is 40.1. The van der Waals surface area contributed by atoms with E-state index in [1.807, 2.05) is 36.2 Å². The Labute approximate surface area is 340 Å². The summed E-state index contributed by atoms with van der Waals surface area (Å²) in [5.74, 6) is 1.20. The monoisotopic (exact) mass is 815 g/mol. The van der Waals surface area contributed by atoms with Crippen molar-refractivity contribution in [2.24, 2.45) is 11.8 Å². The van der Waals surface area contributed by atoms with Gasteiger partial charge in [0.1, 0.15) is 23.9 Å². The fourth-order valence-corrected chi connectivity index (χ4v) is 9.79. The van der Waals surface area contributed by atoms with E-state index in [-0.39, 0.29) is 34.4 Å². The molecule has 58 heavy (non-hydrogen) atoms. The van der Waals surface area contributed by atoms with E-state index >= 15 is 0 Å². The van der Waals surface area contributed by atoms with E-state index < -0.39 is 16.3 Å². The van der Waals surface area contributed by atoms with Gasteiger partial charge in [-0.05, 0) is 91.4 Å². The zero-order valence-electron chi connectivity index (χ0n) is 33.3. The van der Waals surface area contributed by atoms with Crippen LogP contribution in [0.4, 0.5) is 17.1 Å². The second-order valence-electron chi connectivity index (χ2n) is 16.0. The van der Waals surface area contributed by atoms with E-state index in [1.54, 1.807) is 43.8 Å². The molecule has 4 aromatic rings. The second-order valence-corrected chi connectivity index (χ2v) is 17.7. The van der Waals surface area contributed by atoms with Crippen molar-refractivity contribution in [2.75, 3.05) is 88.9 Å². The van der Waals surface area contributed by atoms with E-state index in [9.17, 15) is 18.4 Å². The summed E-state index contributed by atoms with van der Waals surface area (Å²) in [6, 6.07) is 13.9. The second kappa shape index (κ2) is 17.2. The van der Waals surface area contributed by atoms with Crippen LogP contribution < -0.4 is 25.0 Å². The minimum Gasteiger partial charge on any atom is -0.455 e. The molecule has 1 spiro atoms. The normalized spacial score (nSPS) is 20.9. The molecule has 4 fully saturated rings. The first-order chi connectivity index (χ1) is 28.1. The van der Waals surface area contributed by atoms with Crippen molar-refractivity contribution >= 4 is 50.3 Å². The quantitative estimate of drug-likeness (QED) is 0.0723. The number of nitrogens with one attached hydrogen (secondary N) is 4. The first-order valence-corrected chi connectivity index (χ1v) is 21.9. The lowest BCUT2D eigenvalue weighted by Crippen LogP contribution is -2.50. The molecule has 5 heterocycles. The zero-order valence-corrected chi connectivity index (χ0v) is 34.2. The van der Waals surface area contributed by atoms with Crippen LogP contribution in [0.3, 0.4) is 0 Å². The number of fused-ring (bicyclic) bond motifs is 1. The minimum atomic E-state index is -4.06. The van der Waals surface area contributed by atoms with Crippen molar-refractivity contribution in [3.05, 3.63) is 66.5 Å². The summed E-state index contributed by atoms with van der Waals surface area (Å²) >= 11 is 0. The molecule has 0 bridgehead atoms. The molecule has 2 aromatic carbocycles. The van der Waals surface area contributed by atoms with Gasteiger partial charge in [0.15, 0.2) is 0 Å². The standard InChI is InChI=1S/C42H54N8O7S/c1-48-39(51)8-3-31(42(48)13-14-42)10-16-49-17-19-50(20-18-49)32-4-6-35(38(24-32)57-33-23-30-9-15-43-40(30)45-27-33)41(52)47-58(53,54)34-5-7-36(37(25-34)46-28-55-2)44-26-29-11-21-56-22-12-29/h4-7,9,15,23-25,27,29,31,46H,3,8,10-14,16-22,26,28H2,1-2H3,(H3-,43,44,45,47,52,53,54)/p+1. The number of piperazine rings is 1. The van der Waals surface area contributed by atoms with Gasteiger partial charge in [0.2, 0.25) is 10.8 Å². The van der Waals surface area contributed by atoms with E-state index in [0.717, 1.165) is 108 Å². The number of rotatable bonds is 15. The van der Waals surface area contributed by atoms with Gasteiger partial charge in [-0.2, -0.15) is 4.55 Å². The van der Waals surface area contributed by atoms with E-state index in [1.165, 1.54) is 0 Å². The maximum atomic E-state index is 14.0. The Morgan fingerprint density at radius 1 is 1.03 bits per heavy atom. The van der Waals surface area contributed by atoms with Gasteiger partial charge < -0.3 is 39.6 Å². The number of hydrogen-bond donors (Lipinski definition) is 5. The number of anilines is 3. The van der Waals surface area contributed by atoms with Gasteiger partial charge in [0.05, 0.1) is 23.1 Å². The van der Waals surface area contributed by atoms with Gasteiger partial charge in [-0.1, -0.05) is 0 Å². The molecule has 3 saturated heterocycles. The summed E-state index contributed by atoms with van der Waals surface area (Å²) in [5.41, 5.74) is 3.12. The Morgan fingerprint density at radius 2 is 1.84 bits per heavy atom. The molecule has 2 amide bonds. The van der Waals surface area contributed by atoms with Crippen LogP contribution in [-0.2, 0) is 28.9 Å². The maximum Gasteiger partial charge on any atom is 0.349 e. The van der Waals surface area contributed by atoms with Crippen molar-refractivity contribution < 1.29 is 32.6 Å². The first-order valence-electron chi connectivity index (χ1n) is 20.4. The molecule has 3 aliphatic heterocycles.